The average molecular weight is 289 g/mol. The summed E-state index contributed by atoms with van der Waals surface area (Å²) in [6, 6.07) is 5.89. The van der Waals surface area contributed by atoms with E-state index in [1.165, 1.54) is 3.57 Å². The Kier molecular flexibility index (Phi) is 3.71. The highest BCUT2D eigenvalue weighted by atomic mass is 127. The highest BCUT2D eigenvalue weighted by Gasteiger charge is 2.03. The Morgan fingerprint density at radius 3 is 2.85 bits per heavy atom. The molecule has 70 valence electrons. The molecule has 2 nitrogen and oxygen atoms in total. The second-order valence-electron chi connectivity index (χ2n) is 2.81. The molecule has 0 aliphatic rings. The van der Waals surface area contributed by atoms with Crippen LogP contribution in [0.25, 0.3) is 0 Å². The fourth-order valence-electron chi connectivity index (χ4n) is 0.981. The van der Waals surface area contributed by atoms with Crippen molar-refractivity contribution in [3.8, 4) is 0 Å². The van der Waals surface area contributed by atoms with E-state index in [1.54, 1.807) is 0 Å². The molecule has 0 fully saturated rings. The maximum absolute atomic E-state index is 11.1. The van der Waals surface area contributed by atoms with Crippen molar-refractivity contribution in [1.82, 2.24) is 0 Å². The van der Waals surface area contributed by atoms with Crippen molar-refractivity contribution in [2.45, 2.75) is 20.3 Å². The summed E-state index contributed by atoms with van der Waals surface area (Å²) < 4.78 is 1.17. The van der Waals surface area contributed by atoms with Crippen LogP contribution in [0, 0.1) is 10.5 Å². The van der Waals surface area contributed by atoms with Crippen LogP contribution in [0.15, 0.2) is 18.2 Å². The van der Waals surface area contributed by atoms with Gasteiger partial charge in [0, 0.05) is 15.7 Å². The summed E-state index contributed by atoms with van der Waals surface area (Å²) >= 11 is 2.26. The first-order chi connectivity index (χ1) is 6.15. The summed E-state index contributed by atoms with van der Waals surface area (Å²) in [5.41, 5.74) is 2.05. The van der Waals surface area contributed by atoms with E-state index in [-0.39, 0.29) is 5.91 Å². The number of nitrogens with one attached hydrogen (secondary N) is 1. The predicted octanol–water partition coefficient (Wildman–Crippen LogP) is 2.95. The average Bonchev–Trinajstić information content (AvgIpc) is 2.13. The maximum atomic E-state index is 11.1. The lowest BCUT2D eigenvalue weighted by Crippen LogP contribution is -2.10. The van der Waals surface area contributed by atoms with Crippen molar-refractivity contribution in [3.05, 3.63) is 27.3 Å². The van der Waals surface area contributed by atoms with E-state index in [0.29, 0.717) is 6.42 Å². The molecule has 0 heterocycles. The van der Waals surface area contributed by atoms with Gasteiger partial charge in [-0.2, -0.15) is 0 Å². The van der Waals surface area contributed by atoms with Crippen LogP contribution in [-0.2, 0) is 4.79 Å². The third-order valence-electron chi connectivity index (χ3n) is 1.86. The number of rotatable bonds is 2. The van der Waals surface area contributed by atoms with Crippen molar-refractivity contribution in [2.75, 3.05) is 5.32 Å². The van der Waals surface area contributed by atoms with Gasteiger partial charge in [0.05, 0.1) is 0 Å². The molecule has 0 aliphatic heterocycles. The van der Waals surface area contributed by atoms with E-state index >= 15 is 0 Å². The predicted molar refractivity (Wildman–Crippen MR) is 62.8 cm³/mol. The Hall–Kier alpha value is -0.580. The zero-order valence-corrected chi connectivity index (χ0v) is 9.88. The van der Waals surface area contributed by atoms with Gasteiger partial charge in [-0.1, -0.05) is 13.0 Å². The Morgan fingerprint density at radius 1 is 1.54 bits per heavy atom. The van der Waals surface area contributed by atoms with Crippen LogP contribution < -0.4 is 5.32 Å². The highest BCUT2D eigenvalue weighted by Crippen LogP contribution is 2.20. The fourth-order valence-corrected chi connectivity index (χ4v) is 1.48. The number of halogens is 1. The van der Waals surface area contributed by atoms with Gasteiger partial charge in [0.1, 0.15) is 0 Å². The van der Waals surface area contributed by atoms with Crippen LogP contribution in [0.3, 0.4) is 0 Å². The number of carbonyl (C=O) groups excluding carboxylic acids is 1. The molecule has 3 heteroatoms. The van der Waals surface area contributed by atoms with Crippen molar-refractivity contribution < 1.29 is 4.79 Å². The third kappa shape index (κ3) is 2.69. The molecule has 1 amide bonds. The van der Waals surface area contributed by atoms with Crippen molar-refractivity contribution in [3.63, 3.8) is 0 Å². The number of amides is 1. The largest absolute Gasteiger partial charge is 0.326 e. The van der Waals surface area contributed by atoms with Gasteiger partial charge in [0.15, 0.2) is 0 Å². The van der Waals surface area contributed by atoms with Gasteiger partial charge >= 0.3 is 0 Å². The molecule has 13 heavy (non-hydrogen) atoms. The Labute approximate surface area is 91.9 Å². The second kappa shape index (κ2) is 4.60. The molecular weight excluding hydrogens is 277 g/mol. The number of carbonyl (C=O) groups is 1. The van der Waals surface area contributed by atoms with Crippen molar-refractivity contribution in [1.29, 1.82) is 0 Å². The van der Waals surface area contributed by atoms with E-state index < -0.39 is 0 Å². The molecule has 1 aromatic carbocycles. The molecule has 0 unspecified atom stereocenters. The Bertz CT molecular complexity index is 323. The monoisotopic (exact) mass is 289 g/mol. The van der Waals surface area contributed by atoms with Gasteiger partial charge in [-0.25, -0.2) is 0 Å². The second-order valence-corrected chi connectivity index (χ2v) is 3.98. The molecule has 0 radical (unpaired) electrons. The van der Waals surface area contributed by atoms with Crippen molar-refractivity contribution >= 4 is 34.2 Å². The lowest BCUT2D eigenvalue weighted by Gasteiger charge is -2.08. The first kappa shape index (κ1) is 10.5. The summed E-state index contributed by atoms with van der Waals surface area (Å²) in [6.45, 7) is 3.85. The molecule has 1 N–H and O–H groups in total. The Morgan fingerprint density at radius 2 is 2.23 bits per heavy atom. The zero-order valence-electron chi connectivity index (χ0n) is 7.73. The van der Waals surface area contributed by atoms with E-state index in [2.05, 4.69) is 27.9 Å². The van der Waals surface area contributed by atoms with E-state index in [9.17, 15) is 4.79 Å². The first-order valence-corrected chi connectivity index (χ1v) is 5.28. The molecule has 1 aromatic rings. The molecule has 0 atom stereocenters. The minimum Gasteiger partial charge on any atom is -0.326 e. The number of anilines is 1. The molecule has 0 saturated heterocycles. The molecular formula is C10H12INO. The van der Waals surface area contributed by atoms with Gasteiger partial charge in [-0.3, -0.25) is 4.79 Å². The van der Waals surface area contributed by atoms with Crippen LogP contribution >= 0.6 is 22.6 Å². The van der Waals surface area contributed by atoms with Crippen LogP contribution in [0.2, 0.25) is 0 Å². The Balaban J connectivity index is 2.89. The smallest absolute Gasteiger partial charge is 0.224 e. The lowest BCUT2D eigenvalue weighted by molar-refractivity contribution is -0.115. The molecule has 0 aliphatic carbocycles. The maximum Gasteiger partial charge on any atom is 0.224 e. The topological polar surface area (TPSA) is 29.1 Å². The molecule has 0 bridgehead atoms. The minimum atomic E-state index is 0.0603. The van der Waals surface area contributed by atoms with Crippen molar-refractivity contribution in [2.24, 2.45) is 0 Å². The van der Waals surface area contributed by atoms with Crippen LogP contribution in [0.5, 0.6) is 0 Å². The molecule has 0 saturated carbocycles. The molecule has 1 rings (SSSR count). The first-order valence-electron chi connectivity index (χ1n) is 4.20. The summed E-state index contributed by atoms with van der Waals surface area (Å²) in [4.78, 5) is 11.1. The van der Waals surface area contributed by atoms with Crippen LogP contribution in [-0.4, -0.2) is 5.91 Å². The summed E-state index contributed by atoms with van der Waals surface area (Å²) in [7, 11) is 0. The minimum absolute atomic E-state index is 0.0603. The number of hydrogen-bond acceptors (Lipinski definition) is 1. The molecule has 0 aromatic heterocycles. The summed E-state index contributed by atoms with van der Waals surface area (Å²) in [5, 5.41) is 2.86. The fraction of sp³-hybridized carbons (Fsp3) is 0.300. The zero-order chi connectivity index (χ0) is 9.84. The third-order valence-corrected chi connectivity index (χ3v) is 3.03. The number of hydrogen-bond donors (Lipinski definition) is 1. The standard InChI is InChI=1S/C10H12INO/c1-3-10(13)12-9-6-4-5-8(11)7(9)2/h4-6H,3H2,1-2H3,(H,12,13). The summed E-state index contributed by atoms with van der Waals surface area (Å²) in [5.74, 6) is 0.0603. The van der Waals surface area contributed by atoms with E-state index in [1.807, 2.05) is 32.0 Å². The highest BCUT2D eigenvalue weighted by molar-refractivity contribution is 14.1. The van der Waals surface area contributed by atoms with Gasteiger partial charge in [-0.15, -0.1) is 0 Å². The SMILES string of the molecule is CCC(=O)Nc1cccc(I)c1C. The molecule has 0 spiro atoms. The quantitative estimate of drug-likeness (QED) is 0.833. The van der Waals surface area contributed by atoms with E-state index in [4.69, 9.17) is 0 Å². The summed E-state index contributed by atoms with van der Waals surface area (Å²) in [6.07, 6.45) is 0.519. The van der Waals surface area contributed by atoms with Gasteiger partial charge in [0.2, 0.25) is 5.91 Å². The normalized spacial score (nSPS) is 9.77. The van der Waals surface area contributed by atoms with Crippen LogP contribution in [0.1, 0.15) is 18.9 Å². The number of benzene rings is 1. The van der Waals surface area contributed by atoms with Gasteiger partial charge in [-0.05, 0) is 47.2 Å². The van der Waals surface area contributed by atoms with Gasteiger partial charge < -0.3 is 5.32 Å². The van der Waals surface area contributed by atoms with Gasteiger partial charge in [0.25, 0.3) is 0 Å². The lowest BCUT2D eigenvalue weighted by atomic mass is 10.2. The van der Waals surface area contributed by atoms with Crippen LogP contribution in [0.4, 0.5) is 5.69 Å². The van der Waals surface area contributed by atoms with E-state index in [0.717, 1.165) is 11.3 Å².